The zero-order valence-corrected chi connectivity index (χ0v) is 18.7. The number of rotatable bonds is 8. The third-order valence-electron chi connectivity index (χ3n) is 5.75. The lowest BCUT2D eigenvalue weighted by atomic mass is 10.0. The van der Waals surface area contributed by atoms with Crippen LogP contribution in [0.1, 0.15) is 15.9 Å². The Bertz CT molecular complexity index is 967. The van der Waals surface area contributed by atoms with E-state index in [9.17, 15) is 4.79 Å². The Balaban J connectivity index is 2.12. The van der Waals surface area contributed by atoms with Crippen molar-refractivity contribution in [1.82, 2.24) is 0 Å². The van der Waals surface area contributed by atoms with Gasteiger partial charge >= 0.3 is 0 Å². The second kappa shape index (κ2) is 8.25. The van der Waals surface area contributed by atoms with Crippen LogP contribution in [0.4, 0.5) is 11.4 Å². The van der Waals surface area contributed by atoms with Crippen LogP contribution >= 0.6 is 0 Å². The highest BCUT2D eigenvalue weighted by atomic mass is 28.3. The van der Waals surface area contributed by atoms with Crippen molar-refractivity contribution in [3.63, 3.8) is 0 Å². The Morgan fingerprint density at radius 3 is 1.83 bits per heavy atom. The zero-order valence-electron chi connectivity index (χ0n) is 17.7. The molecule has 0 radical (unpaired) electrons. The molecule has 0 unspecified atom stereocenters. The fourth-order valence-corrected chi connectivity index (χ4v) is 7.16. The Kier molecular flexibility index (Phi) is 5.94. The van der Waals surface area contributed by atoms with Crippen LogP contribution in [-0.2, 0) is 0 Å². The predicted octanol–water partition coefficient (Wildman–Crippen LogP) is 3.85. The number of likely N-dealkylation sites (N-methyl/N-ethyl adjacent to an activating group) is 1. The topological polar surface area (TPSA) is 23.6 Å². The molecule has 150 valence electrons. The van der Waals surface area contributed by atoms with Crippen LogP contribution in [0.2, 0.25) is 13.1 Å². The maximum Gasteiger partial charge on any atom is 0.192 e. The largest absolute Gasteiger partial charge is 0.371 e. The zero-order chi connectivity index (χ0) is 21.2. The molecule has 0 amide bonds. The Morgan fingerprint density at radius 1 is 0.828 bits per heavy atom. The van der Waals surface area contributed by atoms with Gasteiger partial charge in [0.1, 0.15) is 8.07 Å². The third-order valence-corrected chi connectivity index (χ3v) is 9.27. The minimum Gasteiger partial charge on any atom is -0.371 e. The lowest BCUT2D eigenvalue weighted by molar-refractivity contribution is 0.104. The van der Waals surface area contributed by atoms with Crippen LogP contribution in [-0.4, -0.2) is 40.5 Å². The Morgan fingerprint density at radius 2 is 1.31 bits per heavy atom. The van der Waals surface area contributed by atoms with Crippen molar-refractivity contribution >= 4 is 35.6 Å². The van der Waals surface area contributed by atoms with Crippen molar-refractivity contribution < 1.29 is 4.79 Å². The van der Waals surface area contributed by atoms with Gasteiger partial charge in [-0.15, -0.1) is 19.7 Å². The maximum atomic E-state index is 13.3. The lowest BCUT2D eigenvalue weighted by Crippen LogP contribution is -2.60. The van der Waals surface area contributed by atoms with Gasteiger partial charge < -0.3 is 9.80 Å². The van der Waals surface area contributed by atoms with Crippen molar-refractivity contribution in [2.75, 3.05) is 36.5 Å². The molecule has 0 spiro atoms. The van der Waals surface area contributed by atoms with E-state index < -0.39 is 8.07 Å². The summed E-state index contributed by atoms with van der Waals surface area (Å²) in [7, 11) is 0.00407. The highest BCUT2D eigenvalue weighted by Gasteiger charge is 2.39. The fourth-order valence-electron chi connectivity index (χ4n) is 4.12. The van der Waals surface area contributed by atoms with Crippen LogP contribution in [0.25, 0.3) is 0 Å². The molecule has 0 aliphatic carbocycles. The van der Waals surface area contributed by atoms with Crippen LogP contribution in [0.5, 0.6) is 0 Å². The number of benzene rings is 2. The van der Waals surface area contributed by atoms with E-state index in [1.54, 1.807) is 0 Å². The number of hydrogen-bond donors (Lipinski definition) is 0. The molecule has 1 aliphatic rings. The number of ketones is 1. The molecule has 1 heterocycles. The molecular weight excluding hydrogens is 372 g/mol. The number of anilines is 2. The predicted molar refractivity (Wildman–Crippen MR) is 129 cm³/mol. The number of carbonyl (C=O) groups excluding carboxylic acids is 1. The third kappa shape index (κ3) is 3.72. The highest BCUT2D eigenvalue weighted by Crippen LogP contribution is 2.26. The van der Waals surface area contributed by atoms with Crippen molar-refractivity contribution in [3.8, 4) is 0 Å². The number of fused-ring (bicyclic) bond motifs is 2. The second-order valence-electron chi connectivity index (χ2n) is 8.07. The molecule has 0 aromatic heterocycles. The fraction of sp³-hybridized carbons (Fsp3) is 0.240. The van der Waals surface area contributed by atoms with Crippen molar-refractivity contribution in [2.45, 2.75) is 13.1 Å². The Labute approximate surface area is 175 Å². The molecule has 3 rings (SSSR count). The van der Waals surface area contributed by atoms with E-state index in [2.05, 4.69) is 61.8 Å². The molecule has 0 saturated heterocycles. The van der Waals surface area contributed by atoms with E-state index in [0.717, 1.165) is 42.1 Å². The van der Waals surface area contributed by atoms with Crippen LogP contribution in [0.15, 0.2) is 74.4 Å². The van der Waals surface area contributed by atoms with Crippen molar-refractivity contribution in [2.24, 2.45) is 0 Å². The first-order valence-corrected chi connectivity index (χ1v) is 13.0. The first-order chi connectivity index (χ1) is 13.8. The maximum absolute atomic E-state index is 13.3. The van der Waals surface area contributed by atoms with Gasteiger partial charge in [-0.05, 0) is 46.8 Å². The standard InChI is InChI=1S/C25H30N2OSi/c1-7-14-26(4)19-10-12-21-23(17-19)29(5,6)24-18-20(11-13-22(24)25(21)28)27(15-8-2)16-9-3/h7-13,17-18H,1-3,14-16H2,4-6H3. The van der Waals surface area contributed by atoms with Crippen molar-refractivity contribution in [3.05, 3.63) is 85.5 Å². The average molecular weight is 403 g/mol. The van der Waals surface area contributed by atoms with Gasteiger partial charge in [0.05, 0.1) is 0 Å². The first-order valence-electron chi connectivity index (χ1n) is 9.97. The molecule has 3 nitrogen and oxygen atoms in total. The smallest absolute Gasteiger partial charge is 0.192 e. The van der Waals surface area contributed by atoms with Gasteiger partial charge in [-0.3, -0.25) is 4.79 Å². The molecule has 0 saturated carbocycles. The lowest BCUT2D eigenvalue weighted by Gasteiger charge is -2.35. The summed E-state index contributed by atoms with van der Waals surface area (Å²) < 4.78 is 0. The van der Waals surface area contributed by atoms with E-state index in [0.29, 0.717) is 0 Å². The summed E-state index contributed by atoms with van der Waals surface area (Å²) in [5.74, 6) is 0.130. The molecule has 2 aromatic carbocycles. The molecule has 0 N–H and O–H groups in total. The molecule has 0 atom stereocenters. The summed E-state index contributed by atoms with van der Waals surface area (Å²) in [6.07, 6.45) is 5.68. The normalized spacial score (nSPS) is 13.8. The number of carbonyl (C=O) groups is 1. The monoisotopic (exact) mass is 402 g/mol. The Hall–Kier alpha value is -2.85. The first kappa shape index (κ1) is 20.9. The van der Waals surface area contributed by atoms with Gasteiger partial charge in [-0.1, -0.05) is 31.3 Å². The molecule has 0 fully saturated rings. The van der Waals surface area contributed by atoms with Crippen LogP contribution in [0, 0.1) is 0 Å². The number of nitrogens with zero attached hydrogens (tertiary/aromatic N) is 2. The van der Waals surface area contributed by atoms with Gasteiger partial charge in [0, 0.05) is 49.2 Å². The molecule has 0 bridgehead atoms. The molecular formula is C25H30N2OSi. The van der Waals surface area contributed by atoms with Crippen LogP contribution in [0.3, 0.4) is 0 Å². The summed E-state index contributed by atoms with van der Waals surface area (Å²) in [6.45, 7) is 18.5. The molecule has 4 heteroatoms. The second-order valence-corrected chi connectivity index (χ2v) is 12.4. The van der Waals surface area contributed by atoms with E-state index in [1.165, 1.54) is 10.4 Å². The summed E-state index contributed by atoms with van der Waals surface area (Å²) in [4.78, 5) is 17.7. The molecule has 29 heavy (non-hydrogen) atoms. The molecule has 1 aliphatic heterocycles. The van der Waals surface area contributed by atoms with Gasteiger partial charge in [-0.25, -0.2) is 0 Å². The number of hydrogen-bond acceptors (Lipinski definition) is 3. The van der Waals surface area contributed by atoms with Gasteiger partial charge in [0.15, 0.2) is 5.78 Å². The van der Waals surface area contributed by atoms with Gasteiger partial charge in [-0.2, -0.15) is 0 Å². The van der Waals surface area contributed by atoms with Crippen molar-refractivity contribution in [1.29, 1.82) is 0 Å². The average Bonchev–Trinajstić information content (AvgIpc) is 2.71. The summed E-state index contributed by atoms with van der Waals surface area (Å²) >= 11 is 0. The minimum absolute atomic E-state index is 0.130. The SMILES string of the molecule is C=CCN(C)c1ccc2c(c1)[Si](C)(C)c1cc(N(CC=C)CC=C)ccc1C2=O. The van der Waals surface area contributed by atoms with Gasteiger partial charge in [0.2, 0.25) is 0 Å². The quantitative estimate of drug-likeness (QED) is 0.495. The summed E-state index contributed by atoms with van der Waals surface area (Å²) in [6, 6.07) is 12.5. The minimum atomic E-state index is -2.05. The summed E-state index contributed by atoms with van der Waals surface area (Å²) in [5.41, 5.74) is 3.94. The van der Waals surface area contributed by atoms with E-state index in [-0.39, 0.29) is 5.78 Å². The summed E-state index contributed by atoms with van der Waals surface area (Å²) in [5, 5.41) is 2.41. The van der Waals surface area contributed by atoms with E-state index in [1.807, 2.05) is 42.5 Å². The van der Waals surface area contributed by atoms with E-state index >= 15 is 0 Å². The van der Waals surface area contributed by atoms with Gasteiger partial charge in [0.25, 0.3) is 0 Å². The van der Waals surface area contributed by atoms with E-state index in [4.69, 9.17) is 0 Å². The van der Waals surface area contributed by atoms with Crippen LogP contribution < -0.4 is 20.2 Å². The highest BCUT2D eigenvalue weighted by molar-refractivity contribution is 7.02. The molecule has 2 aromatic rings.